The van der Waals surface area contributed by atoms with Crippen molar-refractivity contribution in [1.29, 1.82) is 0 Å². The highest BCUT2D eigenvalue weighted by Crippen LogP contribution is 2.29. The summed E-state index contributed by atoms with van der Waals surface area (Å²) in [5, 5.41) is 15.9. The minimum atomic E-state index is -1.22. The molecule has 204 valence electrons. The summed E-state index contributed by atoms with van der Waals surface area (Å²) < 4.78 is 19.4. The lowest BCUT2D eigenvalue weighted by molar-refractivity contribution is -0.132. The number of aryl methyl sites for hydroxylation is 2. The SMILES string of the molecule is COc1ccc(CN2CCN(C(C)=O)C[C@](O)(COc3ccc(C)cc3)C2)cc1OCCn1cc(C)cn1. The van der Waals surface area contributed by atoms with Crippen LogP contribution < -0.4 is 14.2 Å². The second kappa shape index (κ2) is 12.3. The Labute approximate surface area is 224 Å². The van der Waals surface area contributed by atoms with E-state index in [2.05, 4.69) is 10.00 Å². The molecular weight excluding hydrogens is 484 g/mol. The van der Waals surface area contributed by atoms with Crippen molar-refractivity contribution in [3.05, 3.63) is 71.5 Å². The zero-order chi connectivity index (χ0) is 27.1. The summed E-state index contributed by atoms with van der Waals surface area (Å²) in [4.78, 5) is 16.1. The Morgan fingerprint density at radius 3 is 2.50 bits per heavy atom. The number of hydrogen-bond acceptors (Lipinski definition) is 7. The van der Waals surface area contributed by atoms with Gasteiger partial charge >= 0.3 is 0 Å². The lowest BCUT2D eigenvalue weighted by Gasteiger charge is -2.32. The lowest BCUT2D eigenvalue weighted by Crippen LogP contribution is -2.51. The number of ether oxygens (including phenoxy) is 3. The largest absolute Gasteiger partial charge is 0.493 e. The molecule has 1 amide bonds. The van der Waals surface area contributed by atoms with E-state index in [1.54, 1.807) is 12.0 Å². The van der Waals surface area contributed by atoms with Crippen LogP contribution in [0.4, 0.5) is 0 Å². The molecule has 1 saturated heterocycles. The van der Waals surface area contributed by atoms with E-state index < -0.39 is 5.60 Å². The molecule has 9 nitrogen and oxygen atoms in total. The molecule has 0 spiro atoms. The third-order valence-corrected chi connectivity index (χ3v) is 6.64. The van der Waals surface area contributed by atoms with Crippen LogP contribution in [0.5, 0.6) is 17.2 Å². The third-order valence-electron chi connectivity index (χ3n) is 6.64. The molecule has 2 heterocycles. The van der Waals surface area contributed by atoms with Crippen molar-refractivity contribution in [3.63, 3.8) is 0 Å². The van der Waals surface area contributed by atoms with Crippen molar-refractivity contribution in [2.24, 2.45) is 0 Å². The normalized spacial score (nSPS) is 18.2. The minimum Gasteiger partial charge on any atom is -0.493 e. The van der Waals surface area contributed by atoms with Crippen LogP contribution in [0.15, 0.2) is 54.9 Å². The molecule has 1 aromatic heterocycles. The van der Waals surface area contributed by atoms with E-state index in [0.29, 0.717) is 56.6 Å². The fourth-order valence-electron chi connectivity index (χ4n) is 4.62. The van der Waals surface area contributed by atoms with Crippen LogP contribution in [0.3, 0.4) is 0 Å². The number of hydrogen-bond donors (Lipinski definition) is 1. The molecule has 1 aliphatic heterocycles. The number of amides is 1. The number of methoxy groups -OCH3 is 1. The highest BCUT2D eigenvalue weighted by Gasteiger charge is 2.37. The number of carbonyl (C=O) groups is 1. The van der Waals surface area contributed by atoms with Crippen LogP contribution in [0, 0.1) is 13.8 Å². The Morgan fingerprint density at radius 2 is 1.82 bits per heavy atom. The first kappa shape index (κ1) is 27.5. The maximum absolute atomic E-state index is 12.3. The Hall–Kier alpha value is -3.56. The van der Waals surface area contributed by atoms with E-state index in [1.807, 2.05) is 73.4 Å². The van der Waals surface area contributed by atoms with Gasteiger partial charge in [0.2, 0.25) is 5.91 Å². The smallest absolute Gasteiger partial charge is 0.219 e. The van der Waals surface area contributed by atoms with Gasteiger partial charge in [-0.2, -0.15) is 5.10 Å². The molecule has 38 heavy (non-hydrogen) atoms. The fourth-order valence-corrected chi connectivity index (χ4v) is 4.62. The molecule has 1 atom stereocenters. The molecule has 0 unspecified atom stereocenters. The Bertz CT molecular complexity index is 1210. The van der Waals surface area contributed by atoms with Gasteiger partial charge in [-0.05, 0) is 49.2 Å². The molecule has 1 N–H and O–H groups in total. The number of aromatic nitrogens is 2. The average molecular weight is 523 g/mol. The number of aliphatic hydroxyl groups is 1. The van der Waals surface area contributed by atoms with E-state index in [9.17, 15) is 9.90 Å². The molecule has 0 aliphatic carbocycles. The first-order valence-corrected chi connectivity index (χ1v) is 12.9. The molecule has 3 aromatic rings. The van der Waals surface area contributed by atoms with Gasteiger partial charge in [0.25, 0.3) is 0 Å². The van der Waals surface area contributed by atoms with Crippen molar-refractivity contribution < 1.29 is 24.1 Å². The van der Waals surface area contributed by atoms with Crippen molar-refractivity contribution >= 4 is 5.91 Å². The van der Waals surface area contributed by atoms with Gasteiger partial charge in [-0.15, -0.1) is 0 Å². The standard InChI is InChI=1S/C29H38N4O5/c1-22-5-8-26(9-6-22)38-21-29(35)19-31(11-12-32(20-29)24(3)34)18-25-7-10-27(36-4)28(15-25)37-14-13-33-17-23(2)16-30-33/h5-10,15-17,35H,11-14,18-21H2,1-4H3/t29-/m0/s1. The van der Waals surface area contributed by atoms with Crippen LogP contribution in [-0.4, -0.2) is 82.7 Å². The number of benzene rings is 2. The maximum atomic E-state index is 12.3. The first-order chi connectivity index (χ1) is 18.2. The second-order valence-electron chi connectivity index (χ2n) is 10.1. The third kappa shape index (κ3) is 7.49. The van der Waals surface area contributed by atoms with Gasteiger partial charge in [-0.1, -0.05) is 23.8 Å². The van der Waals surface area contributed by atoms with Crippen molar-refractivity contribution in [3.8, 4) is 17.2 Å². The summed E-state index contributed by atoms with van der Waals surface area (Å²) in [5.74, 6) is 1.95. The maximum Gasteiger partial charge on any atom is 0.219 e. The van der Waals surface area contributed by atoms with Gasteiger partial charge in [0.1, 0.15) is 24.6 Å². The van der Waals surface area contributed by atoms with Crippen LogP contribution in [0.25, 0.3) is 0 Å². The van der Waals surface area contributed by atoms with Gasteiger partial charge in [-0.25, -0.2) is 0 Å². The molecule has 4 rings (SSSR count). The molecule has 2 aromatic carbocycles. The summed E-state index contributed by atoms with van der Waals surface area (Å²) in [6.07, 6.45) is 3.80. The topological polar surface area (TPSA) is 89.3 Å². The molecule has 0 saturated carbocycles. The first-order valence-electron chi connectivity index (χ1n) is 12.9. The Kier molecular flexibility index (Phi) is 8.91. The second-order valence-corrected chi connectivity index (χ2v) is 10.1. The van der Waals surface area contributed by atoms with Gasteiger partial charge in [-0.3, -0.25) is 14.4 Å². The van der Waals surface area contributed by atoms with E-state index in [0.717, 1.165) is 16.7 Å². The summed E-state index contributed by atoms with van der Waals surface area (Å²) in [6.45, 7) is 9.05. The predicted octanol–water partition coefficient (Wildman–Crippen LogP) is 3.06. The zero-order valence-corrected chi connectivity index (χ0v) is 22.7. The van der Waals surface area contributed by atoms with Crippen molar-refractivity contribution in [2.75, 3.05) is 46.5 Å². The highest BCUT2D eigenvalue weighted by molar-refractivity contribution is 5.73. The van der Waals surface area contributed by atoms with E-state index in [1.165, 1.54) is 6.92 Å². The Balaban J connectivity index is 1.44. The molecule has 0 radical (unpaired) electrons. The number of rotatable bonds is 10. The zero-order valence-electron chi connectivity index (χ0n) is 22.7. The van der Waals surface area contributed by atoms with Crippen molar-refractivity contribution in [1.82, 2.24) is 19.6 Å². The van der Waals surface area contributed by atoms with Crippen LogP contribution in [-0.2, 0) is 17.9 Å². The van der Waals surface area contributed by atoms with Gasteiger partial charge < -0.3 is 24.2 Å². The quantitative estimate of drug-likeness (QED) is 0.438. The average Bonchev–Trinajstić information content (AvgIpc) is 3.22. The van der Waals surface area contributed by atoms with E-state index in [4.69, 9.17) is 14.2 Å². The molecule has 9 heteroatoms. The van der Waals surface area contributed by atoms with E-state index in [-0.39, 0.29) is 19.1 Å². The molecule has 0 bridgehead atoms. The number of nitrogens with zero attached hydrogens (tertiary/aromatic N) is 4. The summed E-state index contributed by atoms with van der Waals surface area (Å²) in [7, 11) is 1.62. The Morgan fingerprint density at radius 1 is 1.03 bits per heavy atom. The molecular formula is C29H38N4O5. The number of carbonyl (C=O) groups excluding carboxylic acids is 1. The molecule has 1 aliphatic rings. The summed E-state index contributed by atoms with van der Waals surface area (Å²) >= 11 is 0. The van der Waals surface area contributed by atoms with Gasteiger partial charge in [0.05, 0.1) is 26.4 Å². The fraction of sp³-hybridized carbons (Fsp3) is 0.448. The summed E-state index contributed by atoms with van der Waals surface area (Å²) in [6, 6.07) is 13.6. The number of β-amino-alcohol motifs (C(OH)–C–C–N with tert-alkyl or cyclic N) is 1. The van der Waals surface area contributed by atoms with E-state index >= 15 is 0 Å². The van der Waals surface area contributed by atoms with Gasteiger partial charge in [0, 0.05) is 39.3 Å². The monoisotopic (exact) mass is 522 g/mol. The minimum absolute atomic E-state index is 0.0619. The van der Waals surface area contributed by atoms with Crippen LogP contribution in [0.2, 0.25) is 0 Å². The van der Waals surface area contributed by atoms with Crippen molar-refractivity contribution in [2.45, 2.75) is 39.5 Å². The van der Waals surface area contributed by atoms with Crippen LogP contribution in [0.1, 0.15) is 23.6 Å². The molecule has 1 fully saturated rings. The van der Waals surface area contributed by atoms with Gasteiger partial charge in [0.15, 0.2) is 11.5 Å². The lowest BCUT2D eigenvalue weighted by atomic mass is 10.0. The van der Waals surface area contributed by atoms with Crippen LogP contribution >= 0.6 is 0 Å². The summed E-state index contributed by atoms with van der Waals surface area (Å²) in [5.41, 5.74) is 2.04. The predicted molar refractivity (Wildman–Crippen MR) is 145 cm³/mol. The highest BCUT2D eigenvalue weighted by atomic mass is 16.5.